The van der Waals surface area contributed by atoms with E-state index in [0.29, 0.717) is 17.5 Å². The molecule has 0 radical (unpaired) electrons. The van der Waals surface area contributed by atoms with Gasteiger partial charge in [-0.15, -0.1) is 0 Å². The Kier molecular flexibility index (Phi) is 5.92. The van der Waals surface area contributed by atoms with Crippen molar-refractivity contribution in [1.82, 2.24) is 15.0 Å². The first-order valence-electron chi connectivity index (χ1n) is 17.2. The van der Waals surface area contributed by atoms with Crippen LogP contribution in [0.25, 0.3) is 110 Å². The molecule has 11 aromatic rings. The van der Waals surface area contributed by atoms with Crippen molar-refractivity contribution in [2.75, 3.05) is 0 Å². The van der Waals surface area contributed by atoms with E-state index in [1.54, 1.807) is 0 Å². The summed E-state index contributed by atoms with van der Waals surface area (Å²) in [6, 6.07) is 57.2. The SMILES string of the molecule is c1ccc(-c2nc(-c3ccccc3)nc(-c3ccc4c(c3)c3ccccc3c3c4ccc4c3oc3c5ccccc5c5ccccc5c43)n2)cc1. The lowest BCUT2D eigenvalue weighted by Crippen LogP contribution is -2.00. The molecule has 4 heteroatoms. The molecule has 0 saturated carbocycles. The Morgan fingerprint density at radius 2 is 0.647 bits per heavy atom. The minimum Gasteiger partial charge on any atom is -0.455 e. The van der Waals surface area contributed by atoms with Gasteiger partial charge in [0.1, 0.15) is 11.2 Å². The fourth-order valence-electron chi connectivity index (χ4n) is 7.98. The lowest BCUT2D eigenvalue weighted by molar-refractivity contribution is 0.677. The first kappa shape index (κ1) is 28.0. The predicted octanol–water partition coefficient (Wildman–Crippen LogP) is 12.5. The molecule has 0 fully saturated rings. The summed E-state index contributed by atoms with van der Waals surface area (Å²) in [6.07, 6.45) is 0. The first-order chi connectivity index (χ1) is 25.3. The molecular formula is C47H27N3O. The van der Waals surface area contributed by atoms with Gasteiger partial charge < -0.3 is 4.42 Å². The molecule has 0 N–H and O–H groups in total. The van der Waals surface area contributed by atoms with E-state index < -0.39 is 0 Å². The van der Waals surface area contributed by atoms with Gasteiger partial charge in [0.15, 0.2) is 17.5 Å². The molecule has 0 aliphatic rings. The number of fused-ring (bicyclic) bond motifs is 15. The van der Waals surface area contributed by atoms with Gasteiger partial charge in [-0.3, -0.25) is 0 Å². The molecule has 11 rings (SSSR count). The number of benzene rings is 9. The minimum absolute atomic E-state index is 0.639. The number of aromatic nitrogens is 3. The summed E-state index contributed by atoms with van der Waals surface area (Å²) in [5, 5.41) is 14.0. The average molecular weight is 650 g/mol. The number of hydrogen-bond acceptors (Lipinski definition) is 4. The zero-order valence-electron chi connectivity index (χ0n) is 27.3. The normalized spacial score (nSPS) is 11.9. The van der Waals surface area contributed by atoms with Gasteiger partial charge in [0, 0.05) is 38.2 Å². The van der Waals surface area contributed by atoms with Gasteiger partial charge >= 0.3 is 0 Å². The van der Waals surface area contributed by atoms with Crippen LogP contribution in [-0.2, 0) is 0 Å². The van der Waals surface area contributed by atoms with Crippen molar-refractivity contribution in [3.63, 3.8) is 0 Å². The molecule has 0 bridgehead atoms. The van der Waals surface area contributed by atoms with Gasteiger partial charge in [0.2, 0.25) is 0 Å². The summed E-state index contributed by atoms with van der Waals surface area (Å²) in [7, 11) is 0. The summed E-state index contributed by atoms with van der Waals surface area (Å²) in [5.74, 6) is 1.94. The van der Waals surface area contributed by atoms with E-state index in [-0.39, 0.29) is 0 Å². The van der Waals surface area contributed by atoms with Crippen molar-refractivity contribution in [3.05, 3.63) is 164 Å². The Labute approximate surface area is 292 Å². The molecule has 0 aliphatic carbocycles. The molecule has 2 heterocycles. The van der Waals surface area contributed by atoms with Gasteiger partial charge in [-0.2, -0.15) is 0 Å². The van der Waals surface area contributed by atoms with E-state index in [1.807, 2.05) is 60.7 Å². The van der Waals surface area contributed by atoms with Crippen LogP contribution in [0.5, 0.6) is 0 Å². The Morgan fingerprint density at radius 3 is 1.25 bits per heavy atom. The molecule has 0 saturated heterocycles. The third kappa shape index (κ3) is 4.17. The van der Waals surface area contributed by atoms with Crippen LogP contribution in [0.3, 0.4) is 0 Å². The van der Waals surface area contributed by atoms with Crippen molar-refractivity contribution >= 4 is 75.8 Å². The molecule has 4 nitrogen and oxygen atoms in total. The quantitative estimate of drug-likeness (QED) is 0.179. The lowest BCUT2D eigenvalue weighted by atomic mass is 9.91. The molecule has 51 heavy (non-hydrogen) atoms. The Bertz CT molecular complexity index is 3110. The highest BCUT2D eigenvalue weighted by atomic mass is 16.3. The molecular weight excluding hydrogens is 623 g/mol. The van der Waals surface area contributed by atoms with Crippen molar-refractivity contribution in [2.45, 2.75) is 0 Å². The van der Waals surface area contributed by atoms with Gasteiger partial charge in [0.25, 0.3) is 0 Å². The smallest absolute Gasteiger partial charge is 0.164 e. The first-order valence-corrected chi connectivity index (χ1v) is 17.2. The van der Waals surface area contributed by atoms with E-state index in [4.69, 9.17) is 19.4 Å². The molecule has 0 atom stereocenters. The van der Waals surface area contributed by atoms with Gasteiger partial charge in [0.05, 0.1) is 0 Å². The highest BCUT2D eigenvalue weighted by Crippen LogP contribution is 2.46. The fourth-order valence-corrected chi connectivity index (χ4v) is 7.98. The maximum absolute atomic E-state index is 7.02. The summed E-state index contributed by atoms with van der Waals surface area (Å²) in [5.41, 5.74) is 4.69. The van der Waals surface area contributed by atoms with Crippen molar-refractivity contribution in [1.29, 1.82) is 0 Å². The second kappa shape index (κ2) is 10.8. The fraction of sp³-hybridized carbons (Fsp3) is 0. The standard InChI is InChI=1S/C47H27N3O/c1-3-13-28(14-4-1)45-48-46(29-15-5-2-6-16-29)50-47(49-45)30-23-24-34-37-25-26-39-42-35-20-10-7-17-31(35)32-18-9-12-22-38(32)43(42)51-44(39)41(37)36-21-11-8-19-33(36)40(34)27-30/h1-27H. The summed E-state index contributed by atoms with van der Waals surface area (Å²) >= 11 is 0. The molecule has 0 unspecified atom stereocenters. The van der Waals surface area contributed by atoms with Crippen LogP contribution < -0.4 is 0 Å². The minimum atomic E-state index is 0.639. The van der Waals surface area contributed by atoms with Crippen molar-refractivity contribution in [3.8, 4) is 34.2 Å². The van der Waals surface area contributed by atoms with Crippen LogP contribution in [0.4, 0.5) is 0 Å². The molecule has 9 aromatic carbocycles. The number of furan rings is 1. The van der Waals surface area contributed by atoms with Crippen LogP contribution in [0.2, 0.25) is 0 Å². The molecule has 0 amide bonds. The largest absolute Gasteiger partial charge is 0.455 e. The lowest BCUT2D eigenvalue weighted by Gasteiger charge is -2.13. The van der Waals surface area contributed by atoms with E-state index in [9.17, 15) is 0 Å². The van der Waals surface area contributed by atoms with Crippen LogP contribution >= 0.6 is 0 Å². The second-order valence-corrected chi connectivity index (χ2v) is 13.1. The number of hydrogen-bond donors (Lipinski definition) is 0. The molecule has 0 spiro atoms. The second-order valence-electron chi connectivity index (χ2n) is 13.1. The van der Waals surface area contributed by atoms with Crippen molar-refractivity contribution in [2.24, 2.45) is 0 Å². The Hall–Kier alpha value is -6.91. The Balaban J connectivity index is 1.20. The Morgan fingerprint density at radius 1 is 0.275 bits per heavy atom. The average Bonchev–Trinajstić information content (AvgIpc) is 3.62. The monoisotopic (exact) mass is 649 g/mol. The third-order valence-corrected chi connectivity index (χ3v) is 10.3. The van der Waals surface area contributed by atoms with Gasteiger partial charge in [-0.05, 0) is 55.2 Å². The highest BCUT2D eigenvalue weighted by Gasteiger charge is 2.20. The molecule has 2 aromatic heterocycles. The van der Waals surface area contributed by atoms with Gasteiger partial charge in [-0.25, -0.2) is 15.0 Å². The van der Waals surface area contributed by atoms with E-state index in [2.05, 4.69) is 103 Å². The van der Waals surface area contributed by atoms with Crippen LogP contribution in [0.1, 0.15) is 0 Å². The van der Waals surface area contributed by atoms with E-state index in [1.165, 1.54) is 21.5 Å². The van der Waals surface area contributed by atoms with Gasteiger partial charge in [-0.1, -0.05) is 152 Å². The number of rotatable bonds is 3. The topological polar surface area (TPSA) is 51.8 Å². The molecule has 236 valence electrons. The van der Waals surface area contributed by atoms with E-state index >= 15 is 0 Å². The highest BCUT2D eigenvalue weighted by molar-refractivity contribution is 6.36. The maximum Gasteiger partial charge on any atom is 0.164 e. The summed E-state index contributed by atoms with van der Waals surface area (Å²) in [6.45, 7) is 0. The molecule has 0 aliphatic heterocycles. The summed E-state index contributed by atoms with van der Waals surface area (Å²) in [4.78, 5) is 15.0. The zero-order valence-corrected chi connectivity index (χ0v) is 27.3. The van der Waals surface area contributed by atoms with Crippen LogP contribution in [0, 0.1) is 0 Å². The van der Waals surface area contributed by atoms with E-state index in [0.717, 1.165) is 70.9 Å². The number of nitrogens with zero attached hydrogens (tertiary/aromatic N) is 3. The van der Waals surface area contributed by atoms with Crippen LogP contribution in [0.15, 0.2) is 168 Å². The van der Waals surface area contributed by atoms with Crippen molar-refractivity contribution < 1.29 is 4.42 Å². The maximum atomic E-state index is 7.02. The third-order valence-electron chi connectivity index (χ3n) is 10.3. The predicted molar refractivity (Wildman–Crippen MR) is 211 cm³/mol. The van der Waals surface area contributed by atoms with Crippen LogP contribution in [-0.4, -0.2) is 15.0 Å². The summed E-state index contributed by atoms with van der Waals surface area (Å²) < 4.78 is 7.02. The zero-order chi connectivity index (χ0) is 33.5.